The van der Waals surface area contributed by atoms with Gasteiger partial charge >= 0.3 is 29.6 Å². The monoisotopic (exact) mass is 570 g/mol. The van der Waals surface area contributed by atoms with Crippen LogP contribution in [0.5, 0.6) is 0 Å². The number of nitrogens with one attached hydrogen (secondary N) is 1. The number of sulfonamides is 1. The molecule has 0 aliphatic carbocycles. The summed E-state index contributed by atoms with van der Waals surface area (Å²) in [7, 11) is -4.04. The molecule has 0 unspecified atom stereocenters. The summed E-state index contributed by atoms with van der Waals surface area (Å²) in [5.74, 6) is -0.114. The molecule has 2 aromatic heterocycles. The average molecular weight is 572 g/mol. The van der Waals surface area contributed by atoms with Gasteiger partial charge in [0.2, 0.25) is 0 Å². The Bertz CT molecular complexity index is 1510. The summed E-state index contributed by atoms with van der Waals surface area (Å²) < 4.78 is 30.1. The summed E-state index contributed by atoms with van der Waals surface area (Å²) in [5.41, 5.74) is 3.58. The van der Waals surface area contributed by atoms with E-state index in [9.17, 15) is 13.2 Å². The van der Waals surface area contributed by atoms with Crippen molar-refractivity contribution >= 4 is 54.6 Å². The molecule has 0 aliphatic heterocycles. The average Bonchev–Trinajstić information content (AvgIpc) is 3.06. The third-order valence-corrected chi connectivity index (χ3v) is 7.41. The van der Waals surface area contributed by atoms with Crippen LogP contribution in [0.3, 0.4) is 0 Å². The molecule has 11 heteroatoms. The van der Waals surface area contributed by atoms with Crippen molar-refractivity contribution < 1.29 is 44.2 Å². The maximum Gasteiger partial charge on any atom is 1.00 e. The zero-order chi connectivity index (χ0) is 23.9. The van der Waals surface area contributed by atoms with E-state index in [1.54, 1.807) is 25.1 Å². The molecule has 4 rings (SSSR count). The molecule has 0 saturated heterocycles. The van der Waals surface area contributed by atoms with Crippen molar-refractivity contribution in [2.45, 2.75) is 32.2 Å². The predicted molar refractivity (Wildman–Crippen MR) is 132 cm³/mol. The molecule has 2 heterocycles. The van der Waals surface area contributed by atoms with Gasteiger partial charge < -0.3 is 5.99 Å². The molecule has 0 radical (unpaired) electrons. The van der Waals surface area contributed by atoms with E-state index in [2.05, 4.69) is 30.6 Å². The van der Waals surface area contributed by atoms with E-state index in [1.165, 1.54) is 18.2 Å². The van der Waals surface area contributed by atoms with Gasteiger partial charge in [-0.05, 0) is 62.2 Å². The molecule has 0 aliphatic rings. The van der Waals surface area contributed by atoms with Crippen LogP contribution >= 0.6 is 27.5 Å². The van der Waals surface area contributed by atoms with Crippen molar-refractivity contribution in [2.24, 2.45) is 0 Å². The Morgan fingerprint density at radius 1 is 1.09 bits per heavy atom. The van der Waals surface area contributed by atoms with Crippen LogP contribution in [-0.4, -0.2) is 28.9 Å². The summed E-state index contributed by atoms with van der Waals surface area (Å²) >= 11 is 9.79. The largest absolute Gasteiger partial charge is 1.00 e. The minimum atomic E-state index is -4.04. The van der Waals surface area contributed by atoms with E-state index in [-0.39, 0.29) is 41.6 Å². The number of fused-ring (bicyclic) bond motifs is 1. The Balaban J connectivity index is 0.00000216. The van der Waals surface area contributed by atoms with Crippen molar-refractivity contribution in [1.82, 2.24) is 19.3 Å². The number of benzene rings is 2. The summed E-state index contributed by atoms with van der Waals surface area (Å²) in [5, 5.41) is 0.584. The third kappa shape index (κ3) is 5.56. The molecule has 1 amide bonds. The Kier molecular flexibility index (Phi) is 8.27. The third-order valence-electron chi connectivity index (χ3n) is 5.22. The number of halogens is 2. The van der Waals surface area contributed by atoms with Crippen LogP contribution in [-0.2, 0) is 16.6 Å². The Morgan fingerprint density at radius 2 is 1.76 bits per heavy atom. The first-order valence-electron chi connectivity index (χ1n) is 9.97. The number of carbonyl (C=O) groups excluding carboxylic acids is 1. The maximum absolute atomic E-state index is 12.9. The molecule has 4 aromatic rings. The molecule has 172 valence electrons. The second-order valence-corrected chi connectivity index (χ2v) is 10.7. The molecule has 0 atom stereocenters. The molecular formula is C23H21BrClN4NaO3S. The van der Waals surface area contributed by atoms with Crippen LogP contribution in [0.25, 0.3) is 11.2 Å². The second-order valence-electron chi connectivity index (χ2n) is 7.73. The van der Waals surface area contributed by atoms with Crippen molar-refractivity contribution in [2.75, 3.05) is 0 Å². The van der Waals surface area contributed by atoms with E-state index in [0.717, 1.165) is 15.6 Å². The fraction of sp³-hybridized carbons (Fsp3) is 0.174. The van der Waals surface area contributed by atoms with Crippen LogP contribution in [0.4, 0.5) is 0 Å². The first kappa shape index (κ1) is 26.8. The summed E-state index contributed by atoms with van der Waals surface area (Å²) in [6, 6.07) is 13.4. The number of hydrogen-bond donors (Lipinski definition) is 1. The van der Waals surface area contributed by atoms with E-state index in [4.69, 9.17) is 11.6 Å². The van der Waals surface area contributed by atoms with E-state index in [0.29, 0.717) is 34.1 Å². The SMILES string of the molecule is Cc1ccc(S(=O)(=O)NC(=O)c2cc(C)c3nc(C)n(Cc4ccc(Br)cc4Cl)c3n2)cc1.[H-].[Na+]. The number of aromatic nitrogens is 3. The molecule has 2 aromatic carbocycles. The number of rotatable bonds is 5. The van der Waals surface area contributed by atoms with Crippen LogP contribution < -0.4 is 34.3 Å². The van der Waals surface area contributed by atoms with E-state index < -0.39 is 15.9 Å². The van der Waals surface area contributed by atoms with Gasteiger partial charge in [-0.2, -0.15) is 0 Å². The molecule has 0 spiro atoms. The molecule has 7 nitrogen and oxygen atoms in total. The Labute approximate surface area is 234 Å². The van der Waals surface area contributed by atoms with E-state index >= 15 is 0 Å². The van der Waals surface area contributed by atoms with Crippen molar-refractivity contribution in [3.05, 3.63) is 86.2 Å². The quantitative estimate of drug-likeness (QED) is 0.370. The molecular weight excluding hydrogens is 551 g/mol. The molecule has 34 heavy (non-hydrogen) atoms. The fourth-order valence-electron chi connectivity index (χ4n) is 3.43. The molecule has 0 bridgehead atoms. The van der Waals surface area contributed by atoms with Crippen LogP contribution in [0, 0.1) is 20.8 Å². The zero-order valence-electron chi connectivity index (χ0n) is 20.1. The first-order chi connectivity index (χ1) is 15.5. The molecule has 1 N–H and O–H groups in total. The van der Waals surface area contributed by atoms with E-state index in [1.807, 2.05) is 30.5 Å². The molecule has 0 saturated carbocycles. The first-order valence-corrected chi connectivity index (χ1v) is 12.6. The number of amides is 1. The van der Waals surface area contributed by atoms with Gasteiger partial charge in [0.25, 0.3) is 15.9 Å². The maximum atomic E-state index is 12.9. The number of hydrogen-bond acceptors (Lipinski definition) is 5. The van der Waals surface area contributed by atoms with Gasteiger partial charge in [0, 0.05) is 9.50 Å². The summed E-state index contributed by atoms with van der Waals surface area (Å²) in [6.07, 6.45) is 0. The Hall–Kier alpha value is -1.75. The minimum Gasteiger partial charge on any atom is -1.00 e. The zero-order valence-corrected chi connectivity index (χ0v) is 24.2. The summed E-state index contributed by atoms with van der Waals surface area (Å²) in [4.78, 5) is 21.9. The number of carbonyl (C=O) groups is 1. The fourth-order valence-corrected chi connectivity index (χ4v) is 5.12. The van der Waals surface area contributed by atoms with Gasteiger partial charge in [-0.3, -0.25) is 4.79 Å². The van der Waals surface area contributed by atoms with Gasteiger partial charge in [0.05, 0.1) is 11.4 Å². The molecule has 0 fully saturated rings. The second kappa shape index (κ2) is 10.5. The topological polar surface area (TPSA) is 94.0 Å². The predicted octanol–water partition coefficient (Wildman–Crippen LogP) is 2.06. The smallest absolute Gasteiger partial charge is 1.00 e. The standard InChI is InChI=1S/C23H20BrClN4O3S.Na.H/c1-13-4-8-18(9-5-13)33(31,32)28-23(30)20-10-14(2)21-22(27-20)29(15(3)26-21)12-16-6-7-17(24)11-19(16)25;;/h4-11H,12H2,1-3H3,(H,28,30);;/q;+1;-1. The number of nitrogens with zero attached hydrogens (tertiary/aromatic N) is 3. The van der Waals surface area contributed by atoms with Gasteiger partial charge in [0.15, 0.2) is 5.65 Å². The van der Waals surface area contributed by atoms with Gasteiger partial charge in [-0.25, -0.2) is 23.1 Å². The van der Waals surface area contributed by atoms with Crippen molar-refractivity contribution in [1.29, 1.82) is 0 Å². The minimum absolute atomic E-state index is 0. The van der Waals surface area contributed by atoms with Crippen molar-refractivity contribution in [3.8, 4) is 0 Å². The van der Waals surface area contributed by atoms with Crippen LogP contribution in [0.2, 0.25) is 5.02 Å². The normalized spacial score (nSPS) is 11.3. The van der Waals surface area contributed by atoms with Crippen LogP contribution in [0.1, 0.15) is 34.4 Å². The number of pyridine rings is 1. The Morgan fingerprint density at radius 3 is 2.41 bits per heavy atom. The number of aryl methyl sites for hydroxylation is 3. The van der Waals surface area contributed by atoms with Gasteiger partial charge in [-0.1, -0.05) is 51.3 Å². The number of imidazole rings is 1. The summed E-state index contributed by atoms with van der Waals surface area (Å²) in [6.45, 7) is 5.89. The van der Waals surface area contributed by atoms with Gasteiger partial charge in [0.1, 0.15) is 17.0 Å². The van der Waals surface area contributed by atoms with Crippen molar-refractivity contribution in [3.63, 3.8) is 0 Å². The van der Waals surface area contributed by atoms with Crippen LogP contribution in [0.15, 0.2) is 57.9 Å². The van der Waals surface area contributed by atoms with Gasteiger partial charge in [-0.15, -0.1) is 0 Å².